The Kier molecular flexibility index (Phi) is 3.76. The van der Waals surface area contributed by atoms with Gasteiger partial charge < -0.3 is 10.1 Å². The fourth-order valence-corrected chi connectivity index (χ4v) is 1.15. The lowest BCUT2D eigenvalue weighted by Crippen LogP contribution is -2.23. The van der Waals surface area contributed by atoms with Gasteiger partial charge in [0.1, 0.15) is 5.88 Å². The van der Waals surface area contributed by atoms with Gasteiger partial charge in [-0.15, -0.1) is 16.7 Å². The molecule has 0 unspecified atom stereocenters. The number of nitrogens with one attached hydrogen (secondary N) is 1. The summed E-state index contributed by atoms with van der Waals surface area (Å²) >= 11 is 5.33. The van der Waals surface area contributed by atoms with Crippen molar-refractivity contribution in [3.8, 4) is 5.88 Å². The fraction of sp³-hybridized carbons (Fsp3) is 0.500. The molecule has 0 aliphatic carbocycles. The molecule has 1 aromatic heterocycles. The summed E-state index contributed by atoms with van der Waals surface area (Å²) in [6, 6.07) is 0. The van der Waals surface area contributed by atoms with Gasteiger partial charge in [0, 0.05) is 19.8 Å². The molecule has 1 N–H and O–H groups in total. The zero-order chi connectivity index (χ0) is 10.6. The van der Waals surface area contributed by atoms with Crippen molar-refractivity contribution in [3.63, 3.8) is 0 Å². The molecule has 0 saturated heterocycles. The Morgan fingerprint density at radius 2 is 2.50 bits per heavy atom. The highest BCUT2D eigenvalue weighted by molar-refractivity contribution is 6.27. The van der Waals surface area contributed by atoms with Gasteiger partial charge in [0.15, 0.2) is 0 Å². The third-order valence-electron chi connectivity index (χ3n) is 1.66. The fourth-order valence-electron chi connectivity index (χ4n) is 1.05. The summed E-state index contributed by atoms with van der Waals surface area (Å²) in [6.07, 6.45) is 1.79. The van der Waals surface area contributed by atoms with Crippen LogP contribution >= 0.6 is 11.6 Å². The van der Waals surface area contributed by atoms with Gasteiger partial charge in [0.2, 0.25) is 11.8 Å². The molecule has 1 rings (SSSR count). The molecular weight excluding hydrogens is 206 g/mol. The van der Waals surface area contributed by atoms with Crippen LogP contribution in [-0.4, -0.2) is 28.7 Å². The molecule has 0 aromatic carbocycles. The number of rotatable bonds is 4. The number of amides is 1. The van der Waals surface area contributed by atoms with E-state index in [1.54, 1.807) is 17.9 Å². The Balaban J connectivity index is 2.61. The van der Waals surface area contributed by atoms with Crippen LogP contribution in [0.25, 0.3) is 0 Å². The average molecular weight is 218 g/mol. The standard InChI is InChI=1S/C8H12ClN3O2/c1-12-5-6(8(11-12)14-2)4-10-7(13)3-9/h5H,3-4H2,1-2H3,(H,10,13). The Morgan fingerprint density at radius 3 is 3.07 bits per heavy atom. The molecule has 0 atom stereocenters. The summed E-state index contributed by atoms with van der Waals surface area (Å²) < 4.78 is 6.64. The molecule has 0 fully saturated rings. The van der Waals surface area contributed by atoms with E-state index >= 15 is 0 Å². The maximum atomic E-state index is 10.9. The van der Waals surface area contributed by atoms with E-state index in [2.05, 4.69) is 10.4 Å². The van der Waals surface area contributed by atoms with Crippen molar-refractivity contribution in [2.75, 3.05) is 13.0 Å². The van der Waals surface area contributed by atoms with Crippen molar-refractivity contribution in [2.45, 2.75) is 6.54 Å². The van der Waals surface area contributed by atoms with Gasteiger partial charge in [0.25, 0.3) is 0 Å². The van der Waals surface area contributed by atoms with Crippen LogP contribution in [0, 0.1) is 0 Å². The SMILES string of the molecule is COc1nn(C)cc1CNC(=O)CCl. The molecule has 6 heteroatoms. The topological polar surface area (TPSA) is 56.1 Å². The number of nitrogens with zero attached hydrogens (tertiary/aromatic N) is 2. The van der Waals surface area contributed by atoms with Crippen molar-refractivity contribution in [2.24, 2.45) is 7.05 Å². The van der Waals surface area contributed by atoms with Crippen LogP contribution in [0.1, 0.15) is 5.56 Å². The minimum atomic E-state index is -0.211. The predicted octanol–water partition coefficient (Wildman–Crippen LogP) is 0.284. The summed E-state index contributed by atoms with van der Waals surface area (Å²) in [7, 11) is 3.32. The number of carbonyl (C=O) groups excluding carboxylic acids is 1. The summed E-state index contributed by atoms with van der Waals surface area (Å²) in [4.78, 5) is 10.9. The number of methoxy groups -OCH3 is 1. The van der Waals surface area contributed by atoms with Crippen molar-refractivity contribution < 1.29 is 9.53 Å². The molecule has 1 amide bonds. The first-order valence-corrected chi connectivity index (χ1v) is 4.60. The van der Waals surface area contributed by atoms with Crippen molar-refractivity contribution in [1.82, 2.24) is 15.1 Å². The molecule has 0 spiro atoms. The molecule has 1 aromatic rings. The van der Waals surface area contributed by atoms with Gasteiger partial charge in [-0.25, -0.2) is 0 Å². The van der Waals surface area contributed by atoms with Gasteiger partial charge in [-0.05, 0) is 0 Å². The highest BCUT2D eigenvalue weighted by atomic mass is 35.5. The minimum Gasteiger partial charge on any atom is -0.480 e. The first-order chi connectivity index (χ1) is 6.67. The first kappa shape index (κ1) is 10.8. The lowest BCUT2D eigenvalue weighted by atomic mass is 10.3. The van der Waals surface area contributed by atoms with Crippen molar-refractivity contribution in [3.05, 3.63) is 11.8 Å². The minimum absolute atomic E-state index is 0.0391. The second-order valence-electron chi connectivity index (χ2n) is 2.75. The number of aromatic nitrogens is 2. The van der Waals surface area contributed by atoms with Crippen molar-refractivity contribution >= 4 is 17.5 Å². The molecule has 14 heavy (non-hydrogen) atoms. The van der Waals surface area contributed by atoms with Gasteiger partial charge in [0.05, 0.1) is 12.7 Å². The maximum Gasteiger partial charge on any atom is 0.237 e. The van der Waals surface area contributed by atoms with Crippen molar-refractivity contribution in [1.29, 1.82) is 0 Å². The van der Waals surface area contributed by atoms with E-state index in [9.17, 15) is 4.79 Å². The van der Waals surface area contributed by atoms with Crippen LogP contribution in [0.4, 0.5) is 0 Å². The van der Waals surface area contributed by atoms with E-state index in [1.807, 2.05) is 0 Å². The van der Waals surface area contributed by atoms with E-state index in [-0.39, 0.29) is 11.8 Å². The molecule has 0 bridgehead atoms. The van der Waals surface area contributed by atoms with Crippen LogP contribution in [-0.2, 0) is 18.4 Å². The van der Waals surface area contributed by atoms with Gasteiger partial charge in [-0.3, -0.25) is 9.48 Å². The van der Waals surface area contributed by atoms with E-state index in [1.165, 1.54) is 7.11 Å². The number of halogens is 1. The van der Waals surface area contributed by atoms with Crippen LogP contribution < -0.4 is 10.1 Å². The first-order valence-electron chi connectivity index (χ1n) is 4.06. The monoisotopic (exact) mass is 217 g/mol. The molecule has 0 aliphatic heterocycles. The Bertz CT molecular complexity index is 324. The quantitative estimate of drug-likeness (QED) is 0.738. The molecule has 1 heterocycles. The third-order valence-corrected chi connectivity index (χ3v) is 1.90. The second-order valence-corrected chi connectivity index (χ2v) is 3.01. The number of ether oxygens (including phenoxy) is 1. The zero-order valence-electron chi connectivity index (χ0n) is 8.08. The van der Waals surface area contributed by atoms with Crippen LogP contribution in [0.2, 0.25) is 0 Å². The van der Waals surface area contributed by atoms with Crippen LogP contribution in [0.15, 0.2) is 6.20 Å². The number of aryl methyl sites for hydroxylation is 1. The summed E-state index contributed by atoms with van der Waals surface area (Å²) in [5.74, 6) is 0.266. The van der Waals surface area contributed by atoms with E-state index in [0.717, 1.165) is 5.56 Å². The van der Waals surface area contributed by atoms with Crippen LogP contribution in [0.3, 0.4) is 0 Å². The highest BCUT2D eigenvalue weighted by Gasteiger charge is 2.08. The zero-order valence-corrected chi connectivity index (χ0v) is 8.84. The second kappa shape index (κ2) is 4.85. The third kappa shape index (κ3) is 2.63. The Hall–Kier alpha value is -1.23. The van der Waals surface area contributed by atoms with E-state index < -0.39 is 0 Å². The lowest BCUT2D eigenvalue weighted by Gasteiger charge is -2.01. The molecule has 78 valence electrons. The molecule has 0 radical (unpaired) electrons. The molecular formula is C8H12ClN3O2. The summed E-state index contributed by atoms with van der Waals surface area (Å²) in [5, 5.41) is 6.68. The molecule has 5 nitrogen and oxygen atoms in total. The molecule has 0 aliphatic rings. The predicted molar refractivity (Wildman–Crippen MR) is 52.3 cm³/mol. The summed E-state index contributed by atoms with van der Waals surface area (Å²) in [6.45, 7) is 0.378. The molecule has 0 saturated carbocycles. The Morgan fingerprint density at radius 1 is 1.79 bits per heavy atom. The van der Waals surface area contributed by atoms with Gasteiger partial charge in [-0.1, -0.05) is 0 Å². The normalized spacial score (nSPS) is 9.93. The number of hydrogen-bond acceptors (Lipinski definition) is 3. The number of alkyl halides is 1. The number of hydrogen-bond donors (Lipinski definition) is 1. The van der Waals surface area contributed by atoms with E-state index in [0.29, 0.717) is 12.4 Å². The largest absolute Gasteiger partial charge is 0.480 e. The average Bonchev–Trinajstić information content (AvgIpc) is 2.55. The van der Waals surface area contributed by atoms with E-state index in [4.69, 9.17) is 16.3 Å². The Labute approximate surface area is 87.0 Å². The lowest BCUT2D eigenvalue weighted by molar-refractivity contribution is -0.118. The van der Waals surface area contributed by atoms with Crippen LogP contribution in [0.5, 0.6) is 5.88 Å². The number of carbonyl (C=O) groups is 1. The van der Waals surface area contributed by atoms with Gasteiger partial charge in [-0.2, -0.15) is 0 Å². The van der Waals surface area contributed by atoms with Gasteiger partial charge >= 0.3 is 0 Å². The smallest absolute Gasteiger partial charge is 0.237 e. The summed E-state index contributed by atoms with van der Waals surface area (Å²) in [5.41, 5.74) is 0.827. The highest BCUT2D eigenvalue weighted by Crippen LogP contribution is 2.13. The maximum absolute atomic E-state index is 10.9.